The minimum atomic E-state index is -0.584. The van der Waals surface area contributed by atoms with Crippen LogP contribution in [-0.4, -0.2) is 32.2 Å². The number of hydrogen-bond acceptors (Lipinski definition) is 8. The number of anilines is 1. The maximum atomic E-state index is 12.7. The number of thioether (sulfide) groups is 1. The van der Waals surface area contributed by atoms with Gasteiger partial charge < -0.3 is 11.1 Å². The van der Waals surface area contributed by atoms with E-state index in [1.54, 1.807) is 18.2 Å². The molecule has 3 rings (SSSR count). The summed E-state index contributed by atoms with van der Waals surface area (Å²) in [5.74, 6) is 0.286. The highest BCUT2D eigenvalue weighted by molar-refractivity contribution is 8.00. The molecule has 142 valence electrons. The molecule has 0 aliphatic rings. The fraction of sp³-hybridized carbons (Fsp3) is 0.353. The van der Waals surface area contributed by atoms with Crippen LogP contribution >= 0.6 is 23.1 Å². The first-order valence-corrected chi connectivity index (χ1v) is 10.4. The molecule has 3 N–H and O–H groups in total. The number of nitrogens with one attached hydrogen (secondary N) is 1. The van der Waals surface area contributed by atoms with Crippen molar-refractivity contribution >= 4 is 45.0 Å². The summed E-state index contributed by atoms with van der Waals surface area (Å²) in [6, 6.07) is 7.06. The fourth-order valence-corrected chi connectivity index (χ4v) is 4.20. The van der Waals surface area contributed by atoms with Crippen LogP contribution in [0, 0.1) is 0 Å². The lowest BCUT2D eigenvalue weighted by atomic mass is 10.2. The number of unbranched alkanes of at least 4 members (excludes halogenated alkanes) is 1. The Morgan fingerprint density at radius 3 is 2.93 bits per heavy atom. The number of fused-ring (bicyclic) bond motifs is 1. The Morgan fingerprint density at radius 1 is 1.33 bits per heavy atom. The van der Waals surface area contributed by atoms with Crippen LogP contribution < -0.4 is 16.6 Å². The SMILES string of the molecule is CCCCNc1nnc(SCc2nc3ccccc3c(=O)n2CC(N)=O)s1. The number of para-hydroxylation sites is 1. The third kappa shape index (κ3) is 4.83. The van der Waals surface area contributed by atoms with E-state index in [0.29, 0.717) is 22.5 Å². The van der Waals surface area contributed by atoms with E-state index in [-0.39, 0.29) is 12.1 Å². The normalized spacial score (nSPS) is 11.0. The molecule has 0 atom stereocenters. The minimum Gasteiger partial charge on any atom is -0.368 e. The van der Waals surface area contributed by atoms with Gasteiger partial charge in [0, 0.05) is 6.54 Å². The molecular weight excluding hydrogens is 384 g/mol. The average Bonchev–Trinajstić information content (AvgIpc) is 3.10. The molecule has 0 saturated heterocycles. The first-order chi connectivity index (χ1) is 13.1. The summed E-state index contributed by atoms with van der Waals surface area (Å²) in [6.45, 7) is 2.79. The van der Waals surface area contributed by atoms with Gasteiger partial charge in [-0.25, -0.2) is 4.98 Å². The monoisotopic (exact) mass is 404 g/mol. The second-order valence-corrected chi connectivity index (χ2v) is 8.04. The third-order valence-corrected chi connectivity index (χ3v) is 5.80. The van der Waals surface area contributed by atoms with Crippen molar-refractivity contribution in [2.24, 2.45) is 5.73 Å². The number of nitrogens with two attached hydrogens (primary N) is 1. The van der Waals surface area contributed by atoms with Crippen molar-refractivity contribution in [2.75, 3.05) is 11.9 Å². The van der Waals surface area contributed by atoms with Crippen LogP contribution in [-0.2, 0) is 17.1 Å². The lowest BCUT2D eigenvalue weighted by Crippen LogP contribution is -2.31. The van der Waals surface area contributed by atoms with Crippen molar-refractivity contribution in [3.8, 4) is 0 Å². The quantitative estimate of drug-likeness (QED) is 0.415. The molecule has 1 amide bonds. The molecular formula is C17H20N6O2S2. The number of primary amides is 1. The molecule has 0 radical (unpaired) electrons. The van der Waals surface area contributed by atoms with E-state index in [4.69, 9.17) is 5.73 Å². The summed E-state index contributed by atoms with van der Waals surface area (Å²) in [7, 11) is 0. The van der Waals surface area contributed by atoms with Gasteiger partial charge in [-0.3, -0.25) is 14.2 Å². The molecule has 0 spiro atoms. The molecule has 27 heavy (non-hydrogen) atoms. The van der Waals surface area contributed by atoms with Crippen LogP contribution in [0.1, 0.15) is 25.6 Å². The molecule has 10 heteroatoms. The Kier molecular flexibility index (Phi) is 6.40. The summed E-state index contributed by atoms with van der Waals surface area (Å²) in [5.41, 5.74) is 5.64. The second-order valence-electron chi connectivity index (χ2n) is 5.84. The van der Waals surface area contributed by atoms with Gasteiger partial charge in [-0.15, -0.1) is 10.2 Å². The van der Waals surface area contributed by atoms with Crippen molar-refractivity contribution < 1.29 is 4.79 Å². The van der Waals surface area contributed by atoms with Crippen LogP contribution in [0.5, 0.6) is 0 Å². The number of nitrogens with zero attached hydrogens (tertiary/aromatic N) is 4. The second kappa shape index (κ2) is 8.96. The van der Waals surface area contributed by atoms with Crippen molar-refractivity contribution in [1.82, 2.24) is 19.7 Å². The van der Waals surface area contributed by atoms with E-state index in [2.05, 4.69) is 27.4 Å². The smallest absolute Gasteiger partial charge is 0.261 e. The molecule has 0 fully saturated rings. The Morgan fingerprint density at radius 2 is 2.15 bits per heavy atom. The van der Waals surface area contributed by atoms with Gasteiger partial charge in [-0.05, 0) is 18.6 Å². The van der Waals surface area contributed by atoms with Crippen molar-refractivity contribution in [1.29, 1.82) is 0 Å². The van der Waals surface area contributed by atoms with Crippen molar-refractivity contribution in [2.45, 2.75) is 36.4 Å². The predicted molar refractivity (Wildman–Crippen MR) is 108 cm³/mol. The molecule has 0 bridgehead atoms. The fourth-order valence-electron chi connectivity index (χ4n) is 2.48. The van der Waals surface area contributed by atoms with Gasteiger partial charge in [0.1, 0.15) is 12.4 Å². The molecule has 0 unspecified atom stereocenters. The lowest BCUT2D eigenvalue weighted by molar-refractivity contribution is -0.118. The number of amides is 1. The van der Waals surface area contributed by atoms with E-state index >= 15 is 0 Å². The van der Waals surface area contributed by atoms with Gasteiger partial charge >= 0.3 is 0 Å². The number of hydrogen-bond donors (Lipinski definition) is 2. The number of benzene rings is 1. The number of carbonyl (C=O) groups excluding carboxylic acids is 1. The van der Waals surface area contributed by atoms with Crippen LogP contribution in [0.4, 0.5) is 5.13 Å². The van der Waals surface area contributed by atoms with Gasteiger partial charge in [0.2, 0.25) is 11.0 Å². The highest BCUT2D eigenvalue weighted by Gasteiger charge is 2.14. The maximum absolute atomic E-state index is 12.7. The van der Waals surface area contributed by atoms with Crippen LogP contribution in [0.15, 0.2) is 33.4 Å². The molecule has 0 aliphatic heterocycles. The topological polar surface area (TPSA) is 116 Å². The van der Waals surface area contributed by atoms with Crippen molar-refractivity contribution in [3.63, 3.8) is 0 Å². The molecule has 2 heterocycles. The largest absolute Gasteiger partial charge is 0.368 e. The van der Waals surface area contributed by atoms with E-state index < -0.39 is 5.91 Å². The lowest BCUT2D eigenvalue weighted by Gasteiger charge is -2.11. The number of rotatable bonds is 9. The number of aromatic nitrogens is 4. The number of carbonyl (C=O) groups is 1. The Hall–Kier alpha value is -2.46. The highest BCUT2D eigenvalue weighted by Crippen LogP contribution is 2.28. The van der Waals surface area contributed by atoms with E-state index in [1.807, 2.05) is 6.07 Å². The Balaban J connectivity index is 1.81. The summed E-state index contributed by atoms with van der Waals surface area (Å²) in [4.78, 5) is 28.7. The Labute approximate surface area is 164 Å². The summed E-state index contributed by atoms with van der Waals surface area (Å²) in [6.07, 6.45) is 2.18. The molecule has 1 aromatic carbocycles. The van der Waals surface area contributed by atoms with Gasteiger partial charge in [-0.2, -0.15) is 0 Å². The van der Waals surface area contributed by atoms with Crippen LogP contribution in [0.25, 0.3) is 10.9 Å². The molecule has 3 aromatic rings. The first-order valence-electron chi connectivity index (χ1n) is 8.55. The van der Waals surface area contributed by atoms with E-state index in [0.717, 1.165) is 28.9 Å². The molecule has 0 saturated carbocycles. The Bertz CT molecular complexity index is 1000. The maximum Gasteiger partial charge on any atom is 0.261 e. The van der Waals surface area contributed by atoms with Gasteiger partial charge in [0.15, 0.2) is 4.34 Å². The van der Waals surface area contributed by atoms with Crippen LogP contribution in [0.2, 0.25) is 0 Å². The average molecular weight is 405 g/mol. The van der Waals surface area contributed by atoms with E-state index in [9.17, 15) is 9.59 Å². The first kappa shape index (κ1) is 19.3. The van der Waals surface area contributed by atoms with E-state index in [1.165, 1.54) is 27.7 Å². The third-order valence-electron chi connectivity index (χ3n) is 3.79. The highest BCUT2D eigenvalue weighted by atomic mass is 32.2. The van der Waals surface area contributed by atoms with Crippen molar-refractivity contribution in [3.05, 3.63) is 40.4 Å². The zero-order chi connectivity index (χ0) is 19.2. The molecule has 8 nitrogen and oxygen atoms in total. The zero-order valence-electron chi connectivity index (χ0n) is 14.8. The molecule has 2 aromatic heterocycles. The summed E-state index contributed by atoms with van der Waals surface area (Å²) in [5, 5.41) is 12.7. The van der Waals surface area contributed by atoms with Gasteiger partial charge in [0.05, 0.1) is 16.7 Å². The molecule has 0 aliphatic carbocycles. The van der Waals surface area contributed by atoms with Gasteiger partial charge in [-0.1, -0.05) is 48.6 Å². The van der Waals surface area contributed by atoms with Gasteiger partial charge in [0.25, 0.3) is 5.56 Å². The predicted octanol–water partition coefficient (Wildman–Crippen LogP) is 2.24. The van der Waals surface area contributed by atoms with Crippen LogP contribution in [0.3, 0.4) is 0 Å². The summed E-state index contributed by atoms with van der Waals surface area (Å²) < 4.78 is 2.10. The summed E-state index contributed by atoms with van der Waals surface area (Å²) >= 11 is 2.88. The zero-order valence-corrected chi connectivity index (χ0v) is 16.5. The standard InChI is InChI=1S/C17H20N6O2S2/c1-2-3-8-19-16-21-22-17(27-16)26-10-14-20-12-7-5-4-6-11(12)15(25)23(14)9-13(18)24/h4-7H,2-3,8-10H2,1H3,(H2,18,24)(H,19,21). The minimum absolute atomic E-state index is 0.202.